The maximum Gasteiger partial charge on any atom is 0.0332 e. The maximum absolute atomic E-state index is 5.54. The van der Waals surface area contributed by atoms with E-state index in [1.54, 1.807) is 0 Å². The lowest BCUT2D eigenvalue weighted by molar-refractivity contribution is 0.648. The summed E-state index contributed by atoms with van der Waals surface area (Å²) in [5, 5.41) is 3.81. The lowest BCUT2D eigenvalue weighted by Gasteiger charge is -2.10. The fourth-order valence-electron chi connectivity index (χ4n) is 1.84. The molecule has 1 radical (unpaired) electrons. The molecule has 3 N–H and O–H groups in total. The molecule has 2 atom stereocenters. The van der Waals surface area contributed by atoms with Crippen LogP contribution in [0.2, 0.25) is 0 Å². The van der Waals surface area contributed by atoms with Gasteiger partial charge in [-0.25, -0.2) is 0 Å². The van der Waals surface area contributed by atoms with Gasteiger partial charge in [-0.3, -0.25) is 0 Å². The van der Waals surface area contributed by atoms with Crippen LogP contribution in [0.5, 0.6) is 0 Å². The molecule has 1 heterocycles. The van der Waals surface area contributed by atoms with Crippen molar-refractivity contribution in [1.29, 1.82) is 0 Å². The van der Waals surface area contributed by atoms with Crippen molar-refractivity contribution in [2.24, 2.45) is 5.73 Å². The molecule has 1 saturated heterocycles. The molecule has 1 aromatic carbocycles. The van der Waals surface area contributed by atoms with Crippen LogP contribution in [0, 0.1) is 0 Å². The zero-order valence-electron chi connectivity index (χ0n) is 8.07. The van der Waals surface area contributed by atoms with Crippen molar-refractivity contribution in [3.63, 3.8) is 0 Å². The van der Waals surface area contributed by atoms with Crippen molar-refractivity contribution in [1.82, 2.24) is 5.32 Å². The summed E-state index contributed by atoms with van der Waals surface area (Å²) < 4.78 is 0. The van der Waals surface area contributed by atoms with Crippen molar-refractivity contribution in [2.75, 3.05) is 6.54 Å². The molecule has 14 heavy (non-hydrogen) atoms. The van der Waals surface area contributed by atoms with Crippen molar-refractivity contribution in [3.05, 3.63) is 35.4 Å². The summed E-state index contributed by atoms with van der Waals surface area (Å²) in [7, 11) is 0. The van der Waals surface area contributed by atoms with Crippen LogP contribution in [0.15, 0.2) is 24.3 Å². The van der Waals surface area contributed by atoms with Crippen LogP contribution >= 0.6 is 12.6 Å². The number of hydrogen-bond acceptors (Lipinski definition) is 2. The minimum Gasteiger partial charge on any atom is -0.326 e. The first-order chi connectivity index (χ1) is 6.79. The van der Waals surface area contributed by atoms with Crippen LogP contribution < -0.4 is 11.1 Å². The fraction of sp³-hybridized carbons (Fsp3) is 0.455. The van der Waals surface area contributed by atoms with Crippen molar-refractivity contribution >= 4 is 12.6 Å². The predicted octanol–water partition coefficient (Wildman–Crippen LogP) is 1.75. The van der Waals surface area contributed by atoms with E-state index in [4.69, 9.17) is 18.4 Å². The summed E-state index contributed by atoms with van der Waals surface area (Å²) in [5.41, 5.74) is 8.05. The summed E-state index contributed by atoms with van der Waals surface area (Å²) in [5.74, 6) is 0. The van der Waals surface area contributed by atoms with E-state index in [1.807, 2.05) is 0 Å². The molecular formula is C11H15N2S. The third kappa shape index (κ3) is 2.11. The third-order valence-corrected chi connectivity index (χ3v) is 3.07. The summed E-state index contributed by atoms with van der Waals surface area (Å²) >= 11 is 5.25. The number of nitrogens with two attached hydrogens (primary N) is 1. The average molecular weight is 207 g/mol. The Hall–Kier alpha value is -0.510. The smallest absolute Gasteiger partial charge is 0.0332 e. The monoisotopic (exact) mass is 207 g/mol. The Morgan fingerprint density at radius 3 is 2.57 bits per heavy atom. The highest BCUT2D eigenvalue weighted by atomic mass is 32.1. The van der Waals surface area contributed by atoms with Gasteiger partial charge in [0.1, 0.15) is 0 Å². The first kappa shape index (κ1) is 10.0. The molecule has 0 amide bonds. The molecule has 2 nitrogen and oxygen atoms in total. The van der Waals surface area contributed by atoms with E-state index in [0.717, 1.165) is 13.0 Å². The van der Waals surface area contributed by atoms with Gasteiger partial charge in [-0.15, -0.1) is 0 Å². The summed E-state index contributed by atoms with van der Waals surface area (Å²) in [4.78, 5) is 0. The Bertz CT molecular complexity index is 297. The highest BCUT2D eigenvalue weighted by molar-refractivity contribution is 7.81. The summed E-state index contributed by atoms with van der Waals surface area (Å²) in [6.45, 7) is 1.57. The van der Waals surface area contributed by atoms with Crippen LogP contribution in [-0.2, 0) is 6.54 Å². The highest BCUT2D eigenvalue weighted by Crippen LogP contribution is 2.25. The van der Waals surface area contributed by atoms with E-state index < -0.39 is 0 Å². The van der Waals surface area contributed by atoms with E-state index in [2.05, 4.69) is 29.6 Å². The Morgan fingerprint density at radius 1 is 1.36 bits per heavy atom. The van der Waals surface area contributed by atoms with E-state index in [0.29, 0.717) is 17.8 Å². The van der Waals surface area contributed by atoms with Gasteiger partial charge in [0, 0.05) is 24.4 Å². The highest BCUT2D eigenvalue weighted by Gasteiger charge is 2.22. The van der Waals surface area contributed by atoms with Crippen molar-refractivity contribution in [3.8, 4) is 0 Å². The molecule has 0 spiro atoms. The van der Waals surface area contributed by atoms with Gasteiger partial charge in [0.15, 0.2) is 0 Å². The maximum atomic E-state index is 5.54. The number of hydrogen-bond donors (Lipinski definition) is 2. The molecule has 0 bridgehead atoms. The first-order valence-electron chi connectivity index (χ1n) is 4.97. The molecule has 1 aromatic rings. The standard InChI is InChI=1S/C11H15N2S/c12-6-8-1-3-9(4-2-8)11-5-10(14)7-13-11/h1-4,10-11,13H,5-7,12H2. The van der Waals surface area contributed by atoms with Crippen LogP contribution in [-0.4, -0.2) is 11.8 Å². The van der Waals surface area contributed by atoms with E-state index in [-0.39, 0.29) is 0 Å². The SMILES string of the molecule is NCc1ccc(C2CC([S])CN2)cc1. The molecule has 2 rings (SSSR count). The second-order valence-electron chi connectivity index (χ2n) is 3.76. The molecule has 75 valence electrons. The third-order valence-electron chi connectivity index (χ3n) is 2.71. The van der Waals surface area contributed by atoms with Gasteiger partial charge in [-0.2, -0.15) is 0 Å². The van der Waals surface area contributed by atoms with Gasteiger partial charge in [0.25, 0.3) is 0 Å². The van der Waals surface area contributed by atoms with Crippen LogP contribution in [0.25, 0.3) is 0 Å². The Balaban J connectivity index is 2.09. The first-order valence-corrected chi connectivity index (χ1v) is 5.45. The van der Waals surface area contributed by atoms with Gasteiger partial charge in [0.2, 0.25) is 0 Å². The Kier molecular flexibility index (Phi) is 3.11. The van der Waals surface area contributed by atoms with Crippen LogP contribution in [0.3, 0.4) is 0 Å². The van der Waals surface area contributed by atoms with E-state index in [9.17, 15) is 0 Å². The molecular weight excluding hydrogens is 192 g/mol. The van der Waals surface area contributed by atoms with E-state index >= 15 is 0 Å². The molecule has 1 fully saturated rings. The van der Waals surface area contributed by atoms with Crippen LogP contribution in [0.1, 0.15) is 23.6 Å². The second kappa shape index (κ2) is 4.34. The zero-order valence-corrected chi connectivity index (χ0v) is 8.89. The summed E-state index contributed by atoms with van der Waals surface area (Å²) in [6, 6.07) is 8.92. The largest absolute Gasteiger partial charge is 0.326 e. The van der Waals surface area contributed by atoms with Gasteiger partial charge < -0.3 is 11.1 Å². The molecule has 3 heteroatoms. The lowest BCUT2D eigenvalue weighted by Crippen LogP contribution is -2.13. The summed E-state index contributed by atoms with van der Waals surface area (Å²) in [6.07, 6.45) is 1.07. The number of benzene rings is 1. The van der Waals surface area contributed by atoms with Gasteiger partial charge in [-0.1, -0.05) is 36.9 Å². The normalized spacial score (nSPS) is 26.7. The molecule has 0 aromatic heterocycles. The topological polar surface area (TPSA) is 38.0 Å². The van der Waals surface area contributed by atoms with Crippen LogP contribution in [0.4, 0.5) is 0 Å². The Morgan fingerprint density at radius 2 is 2.07 bits per heavy atom. The second-order valence-corrected chi connectivity index (χ2v) is 4.43. The van der Waals surface area contributed by atoms with Crippen molar-refractivity contribution < 1.29 is 0 Å². The number of rotatable bonds is 2. The predicted molar refractivity (Wildman–Crippen MR) is 61.1 cm³/mol. The minimum atomic E-state index is 0.384. The fourth-order valence-corrected chi connectivity index (χ4v) is 2.13. The molecule has 1 aliphatic rings. The van der Waals surface area contributed by atoms with Crippen molar-refractivity contribution in [2.45, 2.75) is 24.3 Å². The molecule has 0 aliphatic carbocycles. The van der Waals surface area contributed by atoms with Gasteiger partial charge >= 0.3 is 0 Å². The van der Waals surface area contributed by atoms with Gasteiger partial charge in [-0.05, 0) is 17.5 Å². The van der Waals surface area contributed by atoms with E-state index in [1.165, 1.54) is 11.1 Å². The zero-order chi connectivity index (χ0) is 9.97. The average Bonchev–Trinajstić information content (AvgIpc) is 2.65. The molecule has 1 aliphatic heterocycles. The lowest BCUT2D eigenvalue weighted by atomic mass is 10.0. The molecule has 0 saturated carbocycles. The minimum absolute atomic E-state index is 0.384. The van der Waals surface area contributed by atoms with Gasteiger partial charge in [0.05, 0.1) is 0 Å². The quantitative estimate of drug-likeness (QED) is 0.775. The molecule has 2 unspecified atom stereocenters. The Labute approximate surface area is 90.3 Å². The number of nitrogens with one attached hydrogen (secondary N) is 1.